The molecule has 0 radical (unpaired) electrons. The van der Waals surface area contributed by atoms with E-state index in [1.165, 1.54) is 11.8 Å². The van der Waals surface area contributed by atoms with Crippen molar-refractivity contribution >= 4 is 29.0 Å². The summed E-state index contributed by atoms with van der Waals surface area (Å²) in [6.07, 6.45) is 0.194. The second-order valence-corrected chi connectivity index (χ2v) is 7.56. The number of Topliss-reactive ketones (excluding diaryl/α,β-unsaturated/α-hetero) is 1. The molecule has 2 aromatic carbocycles. The van der Waals surface area contributed by atoms with Crippen molar-refractivity contribution in [1.29, 1.82) is 0 Å². The minimum absolute atomic E-state index is 0.0553. The number of imide groups is 1. The molecule has 0 aliphatic carbocycles. The molecule has 7 heteroatoms. The lowest BCUT2D eigenvalue weighted by molar-refractivity contribution is -0.915. The van der Waals surface area contributed by atoms with E-state index in [0.29, 0.717) is 24.3 Å². The highest BCUT2D eigenvalue weighted by Crippen LogP contribution is 2.26. The van der Waals surface area contributed by atoms with Gasteiger partial charge in [0.05, 0.1) is 44.0 Å². The number of quaternary nitrogens is 1. The molecule has 2 aliphatic rings. The first-order chi connectivity index (χ1) is 14.0. The molecule has 0 saturated carbocycles. The number of phenolic OH excluding ortho intramolecular Hbond substituents is 1. The molecule has 150 valence electrons. The van der Waals surface area contributed by atoms with Crippen LogP contribution in [-0.2, 0) is 9.59 Å². The van der Waals surface area contributed by atoms with Crippen LogP contribution in [0, 0.1) is 0 Å². The summed E-state index contributed by atoms with van der Waals surface area (Å²) < 4.78 is 0. The van der Waals surface area contributed by atoms with Gasteiger partial charge in [-0.1, -0.05) is 12.1 Å². The van der Waals surface area contributed by atoms with Crippen molar-refractivity contribution in [3.8, 4) is 5.75 Å². The minimum atomic E-state index is -0.387. The van der Waals surface area contributed by atoms with Gasteiger partial charge in [0.25, 0.3) is 5.91 Å². The van der Waals surface area contributed by atoms with Gasteiger partial charge in [-0.2, -0.15) is 0 Å². The summed E-state index contributed by atoms with van der Waals surface area (Å²) in [7, 11) is 0. The topological polar surface area (TPSA) is 82.4 Å². The highest BCUT2D eigenvalue weighted by atomic mass is 16.3. The van der Waals surface area contributed by atoms with Gasteiger partial charge in [0.2, 0.25) is 5.91 Å². The average molecular weight is 394 g/mol. The van der Waals surface area contributed by atoms with E-state index in [2.05, 4.69) is 4.90 Å². The van der Waals surface area contributed by atoms with Crippen LogP contribution < -0.4 is 14.7 Å². The second-order valence-electron chi connectivity index (χ2n) is 7.56. The van der Waals surface area contributed by atoms with Gasteiger partial charge in [-0.15, -0.1) is 0 Å². The van der Waals surface area contributed by atoms with Crippen molar-refractivity contribution in [2.24, 2.45) is 0 Å². The van der Waals surface area contributed by atoms with Crippen LogP contribution in [0.5, 0.6) is 5.75 Å². The number of carbonyl (C=O) groups is 3. The Balaban J connectivity index is 1.44. The highest BCUT2D eigenvalue weighted by molar-refractivity contribution is 6.22. The Morgan fingerprint density at radius 1 is 1.03 bits per heavy atom. The number of piperazine rings is 1. The summed E-state index contributed by atoms with van der Waals surface area (Å²) in [5.41, 5.74) is 1.86. The van der Waals surface area contributed by atoms with Crippen LogP contribution in [0.2, 0.25) is 0 Å². The number of nitrogens with zero attached hydrogens (tertiary/aromatic N) is 2. The van der Waals surface area contributed by atoms with E-state index < -0.39 is 0 Å². The first-order valence-corrected chi connectivity index (χ1v) is 9.81. The molecular weight excluding hydrogens is 370 g/mol. The Bertz CT molecular complexity index is 949. The van der Waals surface area contributed by atoms with Crippen molar-refractivity contribution in [3.05, 3.63) is 54.1 Å². The summed E-state index contributed by atoms with van der Waals surface area (Å²) in [5.74, 6) is -0.189. The van der Waals surface area contributed by atoms with Gasteiger partial charge in [0.1, 0.15) is 5.75 Å². The zero-order valence-corrected chi connectivity index (χ0v) is 16.3. The van der Waals surface area contributed by atoms with Crippen molar-refractivity contribution in [3.63, 3.8) is 0 Å². The predicted octanol–water partition coefficient (Wildman–Crippen LogP) is 0.632. The molecule has 29 heavy (non-hydrogen) atoms. The molecule has 0 bridgehead atoms. The number of phenols is 1. The maximum absolute atomic E-state index is 13.0. The summed E-state index contributed by atoms with van der Waals surface area (Å²) in [4.78, 5) is 41.5. The summed E-state index contributed by atoms with van der Waals surface area (Å²) in [5, 5.41) is 10.1. The maximum Gasteiger partial charge on any atom is 0.292 e. The first kappa shape index (κ1) is 19.1. The van der Waals surface area contributed by atoms with E-state index in [9.17, 15) is 19.5 Å². The van der Waals surface area contributed by atoms with Crippen LogP contribution in [0.4, 0.5) is 11.4 Å². The Kier molecular flexibility index (Phi) is 5.07. The molecule has 2 heterocycles. The molecule has 0 aromatic heterocycles. The van der Waals surface area contributed by atoms with Crippen molar-refractivity contribution in [2.45, 2.75) is 19.4 Å². The fourth-order valence-corrected chi connectivity index (χ4v) is 4.18. The van der Waals surface area contributed by atoms with Crippen LogP contribution in [0.3, 0.4) is 0 Å². The molecule has 0 unspecified atom stereocenters. The zero-order chi connectivity index (χ0) is 20.5. The Morgan fingerprint density at radius 3 is 2.31 bits per heavy atom. The Hall–Kier alpha value is -3.19. The number of ketones is 1. The molecular formula is C22H24N3O4+. The minimum Gasteiger partial charge on any atom is -0.506 e. The average Bonchev–Trinajstić information content (AvgIpc) is 3.02. The van der Waals surface area contributed by atoms with Crippen molar-refractivity contribution in [1.82, 2.24) is 0 Å². The predicted molar refractivity (Wildman–Crippen MR) is 108 cm³/mol. The fourth-order valence-electron chi connectivity index (χ4n) is 4.18. The third-order valence-corrected chi connectivity index (χ3v) is 5.80. The molecule has 2 aliphatic heterocycles. The highest BCUT2D eigenvalue weighted by Gasteiger charge is 2.46. The normalized spacial score (nSPS) is 20.4. The lowest BCUT2D eigenvalue weighted by Gasteiger charge is -2.35. The van der Waals surface area contributed by atoms with Crippen LogP contribution >= 0.6 is 0 Å². The smallest absolute Gasteiger partial charge is 0.292 e. The number of aromatic hydroxyl groups is 1. The molecule has 1 atom stereocenters. The molecule has 2 aromatic rings. The van der Waals surface area contributed by atoms with Crippen LogP contribution in [-0.4, -0.2) is 54.9 Å². The monoisotopic (exact) mass is 394 g/mol. The number of hydrogen-bond donors (Lipinski definition) is 2. The van der Waals surface area contributed by atoms with E-state index in [1.807, 2.05) is 12.1 Å². The van der Waals surface area contributed by atoms with E-state index in [1.54, 1.807) is 36.4 Å². The summed E-state index contributed by atoms with van der Waals surface area (Å²) >= 11 is 0. The molecule has 2 saturated heterocycles. The van der Waals surface area contributed by atoms with E-state index in [0.717, 1.165) is 23.7 Å². The van der Waals surface area contributed by atoms with E-state index in [-0.39, 0.29) is 35.8 Å². The number of anilines is 2. The number of benzene rings is 2. The zero-order valence-electron chi connectivity index (χ0n) is 16.3. The van der Waals surface area contributed by atoms with Crippen LogP contribution in [0.25, 0.3) is 0 Å². The van der Waals surface area contributed by atoms with Gasteiger partial charge in [-0.25, -0.2) is 4.90 Å². The molecule has 2 amide bonds. The van der Waals surface area contributed by atoms with Gasteiger partial charge in [0, 0.05) is 5.56 Å². The van der Waals surface area contributed by atoms with Gasteiger partial charge < -0.3 is 14.9 Å². The molecule has 2 fully saturated rings. The fraction of sp³-hybridized carbons (Fsp3) is 0.318. The first-order valence-electron chi connectivity index (χ1n) is 9.81. The van der Waals surface area contributed by atoms with E-state index >= 15 is 0 Å². The molecule has 7 nitrogen and oxygen atoms in total. The second kappa shape index (κ2) is 7.67. The number of hydrogen-bond acceptors (Lipinski definition) is 5. The summed E-state index contributed by atoms with van der Waals surface area (Å²) in [6.45, 7) is 4.33. The third kappa shape index (κ3) is 3.61. The van der Waals surface area contributed by atoms with E-state index in [4.69, 9.17) is 0 Å². The quantitative estimate of drug-likeness (QED) is 0.587. The maximum atomic E-state index is 13.0. The van der Waals surface area contributed by atoms with Gasteiger partial charge in [-0.3, -0.25) is 14.4 Å². The van der Waals surface area contributed by atoms with Crippen molar-refractivity contribution < 1.29 is 24.4 Å². The van der Waals surface area contributed by atoms with Crippen LogP contribution in [0.15, 0.2) is 48.5 Å². The summed E-state index contributed by atoms with van der Waals surface area (Å²) in [6, 6.07) is 13.4. The van der Waals surface area contributed by atoms with Gasteiger partial charge in [0.15, 0.2) is 11.8 Å². The number of amides is 2. The molecule has 0 spiro atoms. The lowest BCUT2D eigenvalue weighted by atomic mass is 10.1. The number of para-hydroxylation sites is 2. The number of rotatable bonds is 4. The van der Waals surface area contributed by atoms with Gasteiger partial charge in [-0.05, 0) is 43.3 Å². The Labute approximate surface area is 169 Å². The molecule has 2 N–H and O–H groups in total. The third-order valence-electron chi connectivity index (χ3n) is 5.80. The van der Waals surface area contributed by atoms with Gasteiger partial charge >= 0.3 is 0 Å². The van der Waals surface area contributed by atoms with Crippen molar-refractivity contribution in [2.75, 3.05) is 36.0 Å². The van der Waals surface area contributed by atoms with Crippen LogP contribution in [0.1, 0.15) is 23.7 Å². The number of carbonyl (C=O) groups excluding carboxylic acids is 3. The lowest BCUT2D eigenvalue weighted by Crippen LogP contribution is -3.19. The molecule has 4 rings (SSSR count). The largest absolute Gasteiger partial charge is 0.506 e. The Morgan fingerprint density at radius 2 is 1.69 bits per heavy atom. The standard InChI is InChI=1S/C22H23N3O4/c1-15(26)16-6-8-17(9-7-16)25-21(28)14-19(22(25)29)24-12-10-23(11-13-24)18-4-2-3-5-20(18)27/h2-9,19,27H,10-14H2,1H3/p+1/t19-/m0/s1. The number of nitrogens with one attached hydrogen (secondary N) is 1. The SMILES string of the molecule is CC(=O)c1ccc(N2C(=O)C[C@H]([NH+]3CCN(c4ccccc4O)CC3)C2=O)cc1.